The van der Waals surface area contributed by atoms with Crippen LogP contribution in [0.15, 0.2) is 24.3 Å². The number of amides is 1. The molecule has 0 radical (unpaired) electrons. The first-order valence-electron chi connectivity index (χ1n) is 7.51. The molecular weight excluding hydrogens is 295 g/mol. The lowest BCUT2D eigenvalue weighted by atomic mass is 9.85. The summed E-state index contributed by atoms with van der Waals surface area (Å²) in [6, 6.07) is 4.05. The summed E-state index contributed by atoms with van der Waals surface area (Å²) < 4.78 is 37.3. The van der Waals surface area contributed by atoms with E-state index < -0.39 is 23.8 Å². The highest BCUT2D eigenvalue weighted by Crippen LogP contribution is 2.29. The van der Waals surface area contributed by atoms with Crippen LogP contribution in [0.4, 0.5) is 13.2 Å². The zero-order valence-electron chi connectivity index (χ0n) is 12.2. The van der Waals surface area contributed by atoms with Crippen LogP contribution in [0.3, 0.4) is 0 Å². The molecule has 1 amide bonds. The van der Waals surface area contributed by atoms with E-state index in [1.54, 1.807) is 0 Å². The molecule has 1 atom stereocenters. The van der Waals surface area contributed by atoms with Crippen molar-refractivity contribution in [1.29, 1.82) is 0 Å². The minimum Gasteiger partial charge on any atom is -0.391 e. The number of carbonyl (C=O) groups excluding carboxylic acids is 1. The number of benzene rings is 1. The summed E-state index contributed by atoms with van der Waals surface area (Å²) in [5.74, 6) is -0.273. The third-order valence-electron chi connectivity index (χ3n) is 4.14. The third kappa shape index (κ3) is 4.47. The summed E-state index contributed by atoms with van der Waals surface area (Å²) in [4.78, 5) is 11.9. The SMILES string of the molecule is O=C(NCC(O)C1CCCCC1)c1ccc(C(F)(F)F)cc1. The largest absolute Gasteiger partial charge is 0.416 e. The van der Waals surface area contributed by atoms with Crippen LogP contribution in [0.1, 0.15) is 48.0 Å². The van der Waals surface area contributed by atoms with Crippen molar-refractivity contribution >= 4 is 5.91 Å². The van der Waals surface area contributed by atoms with E-state index in [1.807, 2.05) is 0 Å². The molecule has 1 saturated carbocycles. The zero-order chi connectivity index (χ0) is 16.2. The van der Waals surface area contributed by atoms with Crippen LogP contribution < -0.4 is 5.32 Å². The number of carbonyl (C=O) groups is 1. The third-order valence-corrected chi connectivity index (χ3v) is 4.14. The molecule has 0 bridgehead atoms. The van der Waals surface area contributed by atoms with E-state index >= 15 is 0 Å². The first kappa shape index (κ1) is 16.8. The van der Waals surface area contributed by atoms with Gasteiger partial charge in [-0.15, -0.1) is 0 Å². The number of nitrogens with one attached hydrogen (secondary N) is 1. The van der Waals surface area contributed by atoms with Gasteiger partial charge >= 0.3 is 6.18 Å². The fourth-order valence-electron chi connectivity index (χ4n) is 2.80. The van der Waals surface area contributed by atoms with Crippen LogP contribution in [0.25, 0.3) is 0 Å². The van der Waals surface area contributed by atoms with Gasteiger partial charge in [0, 0.05) is 12.1 Å². The van der Waals surface area contributed by atoms with Gasteiger partial charge in [-0.25, -0.2) is 0 Å². The lowest BCUT2D eigenvalue weighted by Gasteiger charge is -2.26. The van der Waals surface area contributed by atoms with Crippen molar-refractivity contribution in [3.05, 3.63) is 35.4 Å². The van der Waals surface area contributed by atoms with E-state index in [-0.39, 0.29) is 18.0 Å². The Kier molecular flexibility index (Phi) is 5.45. The number of rotatable bonds is 4. The monoisotopic (exact) mass is 315 g/mol. The number of hydrogen-bond acceptors (Lipinski definition) is 2. The van der Waals surface area contributed by atoms with E-state index in [1.165, 1.54) is 6.42 Å². The van der Waals surface area contributed by atoms with E-state index in [9.17, 15) is 23.1 Å². The second-order valence-electron chi connectivity index (χ2n) is 5.75. The number of aliphatic hydroxyl groups is 1. The Morgan fingerprint density at radius 2 is 1.77 bits per heavy atom. The van der Waals surface area contributed by atoms with Crippen molar-refractivity contribution in [3.8, 4) is 0 Å². The van der Waals surface area contributed by atoms with Gasteiger partial charge in [-0.3, -0.25) is 4.79 Å². The Morgan fingerprint density at radius 1 is 1.18 bits per heavy atom. The van der Waals surface area contributed by atoms with Crippen LogP contribution in [0.2, 0.25) is 0 Å². The van der Waals surface area contributed by atoms with E-state index in [2.05, 4.69) is 5.32 Å². The molecule has 0 spiro atoms. The molecule has 0 aliphatic heterocycles. The molecule has 1 aliphatic rings. The van der Waals surface area contributed by atoms with Crippen LogP contribution >= 0.6 is 0 Å². The Balaban J connectivity index is 1.86. The minimum absolute atomic E-state index is 0.129. The number of hydrogen-bond donors (Lipinski definition) is 2. The standard InChI is InChI=1S/C16H20F3NO2/c17-16(18,19)13-8-6-12(7-9-13)15(22)20-10-14(21)11-4-2-1-3-5-11/h6-9,11,14,21H,1-5,10H2,(H,20,22). The van der Waals surface area contributed by atoms with Crippen molar-refractivity contribution in [2.75, 3.05) is 6.54 Å². The summed E-state index contributed by atoms with van der Waals surface area (Å²) in [6.45, 7) is 0.129. The van der Waals surface area contributed by atoms with Gasteiger partial charge in [-0.2, -0.15) is 13.2 Å². The molecule has 0 heterocycles. The van der Waals surface area contributed by atoms with Gasteiger partial charge in [-0.1, -0.05) is 19.3 Å². The summed E-state index contributed by atoms with van der Waals surface area (Å²) in [7, 11) is 0. The van der Waals surface area contributed by atoms with Gasteiger partial charge in [-0.05, 0) is 43.0 Å². The predicted octanol–water partition coefficient (Wildman–Crippen LogP) is 3.38. The molecule has 1 aromatic carbocycles. The van der Waals surface area contributed by atoms with E-state index in [0.29, 0.717) is 0 Å². The van der Waals surface area contributed by atoms with Crippen LogP contribution in [0, 0.1) is 5.92 Å². The maximum absolute atomic E-state index is 12.4. The van der Waals surface area contributed by atoms with Crippen LogP contribution in [-0.4, -0.2) is 23.7 Å². The second kappa shape index (κ2) is 7.13. The average molecular weight is 315 g/mol. The molecule has 6 heteroatoms. The molecule has 1 fully saturated rings. The lowest BCUT2D eigenvalue weighted by molar-refractivity contribution is -0.137. The van der Waals surface area contributed by atoms with Gasteiger partial charge in [0.2, 0.25) is 0 Å². The second-order valence-corrected chi connectivity index (χ2v) is 5.75. The summed E-state index contributed by atoms with van der Waals surface area (Å²) in [5.41, 5.74) is -0.630. The highest BCUT2D eigenvalue weighted by molar-refractivity contribution is 5.94. The highest BCUT2D eigenvalue weighted by atomic mass is 19.4. The van der Waals surface area contributed by atoms with E-state index in [4.69, 9.17) is 0 Å². The normalized spacial score (nSPS) is 18.0. The Bertz CT molecular complexity index is 493. The van der Waals surface area contributed by atoms with Gasteiger partial charge in [0.15, 0.2) is 0 Å². The number of halogens is 3. The summed E-state index contributed by atoms with van der Waals surface area (Å²) in [6.07, 6.45) is 0.268. The number of alkyl halides is 3. The lowest BCUT2D eigenvalue weighted by Crippen LogP contribution is -2.37. The van der Waals surface area contributed by atoms with Gasteiger partial charge in [0.25, 0.3) is 5.91 Å². The highest BCUT2D eigenvalue weighted by Gasteiger charge is 2.30. The maximum Gasteiger partial charge on any atom is 0.416 e. The predicted molar refractivity (Wildman–Crippen MR) is 76.4 cm³/mol. The van der Waals surface area contributed by atoms with Crippen molar-refractivity contribution < 1.29 is 23.1 Å². The minimum atomic E-state index is -4.41. The first-order valence-corrected chi connectivity index (χ1v) is 7.51. The molecule has 1 aliphatic carbocycles. The summed E-state index contributed by atoms with van der Waals surface area (Å²) >= 11 is 0. The summed E-state index contributed by atoms with van der Waals surface area (Å²) in [5, 5.41) is 12.6. The fourth-order valence-corrected chi connectivity index (χ4v) is 2.80. The molecule has 2 rings (SSSR count). The molecule has 1 aromatic rings. The Morgan fingerprint density at radius 3 is 2.32 bits per heavy atom. The van der Waals surface area contributed by atoms with Gasteiger partial charge in [0.05, 0.1) is 11.7 Å². The molecule has 1 unspecified atom stereocenters. The molecule has 0 aromatic heterocycles. The maximum atomic E-state index is 12.4. The Hall–Kier alpha value is -1.56. The van der Waals surface area contributed by atoms with Gasteiger partial charge in [0.1, 0.15) is 0 Å². The Labute approximate surface area is 127 Å². The van der Waals surface area contributed by atoms with Crippen molar-refractivity contribution in [2.45, 2.75) is 44.4 Å². The fraction of sp³-hybridized carbons (Fsp3) is 0.562. The topological polar surface area (TPSA) is 49.3 Å². The molecule has 0 saturated heterocycles. The molecule has 122 valence electrons. The molecular formula is C16H20F3NO2. The molecule has 22 heavy (non-hydrogen) atoms. The smallest absolute Gasteiger partial charge is 0.391 e. The molecule has 3 nitrogen and oxygen atoms in total. The number of aliphatic hydroxyl groups excluding tert-OH is 1. The first-order chi connectivity index (χ1) is 10.4. The molecule has 2 N–H and O–H groups in total. The van der Waals surface area contributed by atoms with Crippen molar-refractivity contribution in [3.63, 3.8) is 0 Å². The van der Waals surface area contributed by atoms with Crippen LogP contribution in [0.5, 0.6) is 0 Å². The zero-order valence-corrected chi connectivity index (χ0v) is 12.2. The van der Waals surface area contributed by atoms with Crippen molar-refractivity contribution in [2.24, 2.45) is 5.92 Å². The quantitative estimate of drug-likeness (QED) is 0.895. The van der Waals surface area contributed by atoms with Gasteiger partial charge < -0.3 is 10.4 Å². The van der Waals surface area contributed by atoms with E-state index in [0.717, 1.165) is 49.9 Å². The van der Waals surface area contributed by atoms with Crippen LogP contribution in [-0.2, 0) is 6.18 Å². The van der Waals surface area contributed by atoms with Crippen molar-refractivity contribution in [1.82, 2.24) is 5.32 Å². The average Bonchev–Trinajstić information content (AvgIpc) is 2.52.